The van der Waals surface area contributed by atoms with Crippen molar-refractivity contribution in [1.82, 2.24) is 0 Å². The van der Waals surface area contributed by atoms with Crippen molar-refractivity contribution in [3.63, 3.8) is 0 Å². The van der Waals surface area contributed by atoms with Gasteiger partial charge >= 0.3 is 0 Å². The lowest BCUT2D eigenvalue weighted by atomic mass is 10.0. The molecule has 5 nitrogen and oxygen atoms in total. The molecule has 0 aliphatic carbocycles. The molecule has 1 aromatic rings. The van der Waals surface area contributed by atoms with Gasteiger partial charge in [-0.2, -0.15) is 0 Å². The number of benzene rings is 1. The van der Waals surface area contributed by atoms with Crippen LogP contribution in [0, 0.1) is 0 Å². The summed E-state index contributed by atoms with van der Waals surface area (Å²) in [5.41, 5.74) is 0.997. The van der Waals surface area contributed by atoms with Gasteiger partial charge in [-0.1, -0.05) is 30.3 Å². The van der Waals surface area contributed by atoms with E-state index in [0.717, 1.165) is 5.56 Å². The van der Waals surface area contributed by atoms with Crippen molar-refractivity contribution < 1.29 is 24.4 Å². The highest BCUT2D eigenvalue weighted by molar-refractivity contribution is 5.13. The molecule has 0 radical (unpaired) electrons. The van der Waals surface area contributed by atoms with Crippen LogP contribution in [0.5, 0.6) is 0 Å². The quantitative estimate of drug-likeness (QED) is 0.795. The number of fused-ring (bicyclic) bond motifs is 2. The molecular weight excluding hydrogens is 236 g/mol. The molecular formula is C13H16O5. The van der Waals surface area contributed by atoms with E-state index < -0.39 is 30.7 Å². The Balaban J connectivity index is 1.65. The van der Waals surface area contributed by atoms with E-state index in [1.54, 1.807) is 0 Å². The predicted molar refractivity (Wildman–Crippen MR) is 61.6 cm³/mol. The first kappa shape index (κ1) is 12.1. The van der Waals surface area contributed by atoms with Crippen molar-refractivity contribution in [2.75, 3.05) is 6.61 Å². The fraction of sp³-hybridized carbons (Fsp3) is 0.538. The molecule has 2 unspecified atom stereocenters. The van der Waals surface area contributed by atoms with E-state index in [1.807, 2.05) is 30.3 Å². The van der Waals surface area contributed by atoms with Gasteiger partial charge in [-0.05, 0) is 5.56 Å². The Bertz CT molecular complexity index is 380. The fourth-order valence-corrected chi connectivity index (χ4v) is 2.33. The van der Waals surface area contributed by atoms with Crippen molar-refractivity contribution >= 4 is 0 Å². The van der Waals surface area contributed by atoms with E-state index in [9.17, 15) is 10.2 Å². The second-order valence-corrected chi connectivity index (χ2v) is 4.62. The Kier molecular flexibility index (Phi) is 3.32. The van der Waals surface area contributed by atoms with Gasteiger partial charge in [-0.3, -0.25) is 0 Å². The SMILES string of the molecule is OC1C2CO[C@@H](O2)[C@H](O)[C@H]1OCc1ccccc1. The first-order valence-corrected chi connectivity index (χ1v) is 6.04. The van der Waals surface area contributed by atoms with Gasteiger partial charge in [0.05, 0.1) is 13.2 Å². The van der Waals surface area contributed by atoms with Crippen LogP contribution in [0.1, 0.15) is 5.56 Å². The molecule has 2 aliphatic rings. The molecule has 18 heavy (non-hydrogen) atoms. The van der Waals surface area contributed by atoms with Crippen LogP contribution in [0.15, 0.2) is 30.3 Å². The Morgan fingerprint density at radius 1 is 1.17 bits per heavy atom. The molecule has 0 aromatic heterocycles. The van der Waals surface area contributed by atoms with Gasteiger partial charge in [0.2, 0.25) is 0 Å². The summed E-state index contributed by atoms with van der Waals surface area (Å²) in [7, 11) is 0. The minimum atomic E-state index is -0.956. The van der Waals surface area contributed by atoms with Crippen molar-refractivity contribution in [2.45, 2.75) is 37.3 Å². The van der Waals surface area contributed by atoms with Gasteiger partial charge in [0.1, 0.15) is 24.4 Å². The third-order valence-corrected chi connectivity index (χ3v) is 3.35. The number of aliphatic hydroxyl groups excluding tert-OH is 2. The molecule has 98 valence electrons. The lowest BCUT2D eigenvalue weighted by Gasteiger charge is -2.35. The third kappa shape index (κ3) is 2.15. The van der Waals surface area contributed by atoms with Gasteiger partial charge in [0.25, 0.3) is 0 Å². The molecule has 2 fully saturated rings. The highest BCUT2D eigenvalue weighted by atomic mass is 16.7. The van der Waals surface area contributed by atoms with E-state index in [-0.39, 0.29) is 0 Å². The standard InChI is InChI=1S/C13H16O5/c14-10-9-7-17-13(18-9)11(15)12(10)16-6-8-4-2-1-3-5-8/h1-5,9-15H,6-7H2/t9?,10?,11-,12+,13+/m1/s1. The molecule has 2 aliphatic heterocycles. The van der Waals surface area contributed by atoms with Crippen LogP contribution in [0.25, 0.3) is 0 Å². The van der Waals surface area contributed by atoms with E-state index in [1.165, 1.54) is 0 Å². The largest absolute Gasteiger partial charge is 0.387 e. The highest BCUT2D eigenvalue weighted by Crippen LogP contribution is 2.30. The van der Waals surface area contributed by atoms with Gasteiger partial charge < -0.3 is 24.4 Å². The van der Waals surface area contributed by atoms with Crippen LogP contribution in [0.2, 0.25) is 0 Å². The molecule has 2 heterocycles. The highest BCUT2D eigenvalue weighted by Gasteiger charge is 2.50. The second kappa shape index (κ2) is 4.95. The molecule has 1 aromatic carbocycles. The topological polar surface area (TPSA) is 68.2 Å². The monoisotopic (exact) mass is 252 g/mol. The van der Waals surface area contributed by atoms with Crippen LogP contribution in [0.4, 0.5) is 0 Å². The minimum Gasteiger partial charge on any atom is -0.387 e. The minimum absolute atomic E-state index is 0.300. The van der Waals surface area contributed by atoms with Gasteiger partial charge in [0, 0.05) is 0 Å². The number of hydrogen-bond acceptors (Lipinski definition) is 5. The molecule has 5 atom stereocenters. The summed E-state index contributed by atoms with van der Waals surface area (Å²) in [5.74, 6) is 0. The Labute approximate surface area is 105 Å². The Morgan fingerprint density at radius 3 is 2.72 bits per heavy atom. The van der Waals surface area contributed by atoms with Crippen LogP contribution < -0.4 is 0 Å². The van der Waals surface area contributed by atoms with Gasteiger partial charge in [-0.25, -0.2) is 0 Å². The first-order chi connectivity index (χ1) is 8.75. The maximum Gasteiger partial charge on any atom is 0.186 e. The molecule has 3 rings (SSSR count). The molecule has 2 bridgehead atoms. The van der Waals surface area contributed by atoms with E-state index in [2.05, 4.69) is 0 Å². The number of ether oxygens (including phenoxy) is 3. The summed E-state index contributed by atoms with van der Waals surface area (Å²) in [6.45, 7) is 0.646. The van der Waals surface area contributed by atoms with Crippen molar-refractivity contribution in [3.05, 3.63) is 35.9 Å². The maximum absolute atomic E-state index is 10.0. The molecule has 0 amide bonds. The van der Waals surface area contributed by atoms with Crippen LogP contribution in [0.3, 0.4) is 0 Å². The van der Waals surface area contributed by atoms with Gasteiger partial charge in [-0.15, -0.1) is 0 Å². The lowest BCUT2D eigenvalue weighted by Crippen LogP contribution is -2.54. The summed E-state index contributed by atoms with van der Waals surface area (Å²) in [5, 5.41) is 20.0. The molecule has 5 heteroatoms. The first-order valence-electron chi connectivity index (χ1n) is 6.04. The lowest BCUT2D eigenvalue weighted by molar-refractivity contribution is -0.242. The predicted octanol–water partition coefficient (Wildman–Crippen LogP) is 0.0487. The summed E-state index contributed by atoms with van der Waals surface area (Å²) < 4.78 is 16.1. The summed E-state index contributed by atoms with van der Waals surface area (Å²) in [4.78, 5) is 0. The van der Waals surface area contributed by atoms with Crippen molar-refractivity contribution in [2.24, 2.45) is 0 Å². The van der Waals surface area contributed by atoms with E-state index in [4.69, 9.17) is 14.2 Å². The smallest absolute Gasteiger partial charge is 0.186 e. The number of aliphatic hydroxyl groups is 2. The molecule has 0 saturated carbocycles. The zero-order valence-electron chi connectivity index (χ0n) is 9.81. The summed E-state index contributed by atoms with van der Waals surface area (Å²) in [6.07, 6.45) is -3.57. The van der Waals surface area contributed by atoms with Crippen LogP contribution in [-0.4, -0.2) is 47.5 Å². The second-order valence-electron chi connectivity index (χ2n) is 4.62. The average molecular weight is 252 g/mol. The van der Waals surface area contributed by atoms with Crippen molar-refractivity contribution in [1.29, 1.82) is 0 Å². The molecule has 2 saturated heterocycles. The number of rotatable bonds is 3. The van der Waals surface area contributed by atoms with Crippen LogP contribution >= 0.6 is 0 Å². The van der Waals surface area contributed by atoms with Crippen molar-refractivity contribution in [3.8, 4) is 0 Å². The van der Waals surface area contributed by atoms with E-state index in [0.29, 0.717) is 13.2 Å². The van der Waals surface area contributed by atoms with Gasteiger partial charge in [0.15, 0.2) is 6.29 Å². The zero-order chi connectivity index (χ0) is 12.5. The normalized spacial score (nSPS) is 38.9. The fourth-order valence-electron chi connectivity index (χ4n) is 2.33. The number of hydrogen-bond donors (Lipinski definition) is 2. The third-order valence-electron chi connectivity index (χ3n) is 3.35. The Morgan fingerprint density at radius 2 is 1.94 bits per heavy atom. The summed E-state index contributed by atoms with van der Waals surface area (Å²) in [6, 6.07) is 9.63. The Hall–Kier alpha value is -0.980. The average Bonchev–Trinajstić information content (AvgIpc) is 2.85. The maximum atomic E-state index is 10.0. The van der Waals surface area contributed by atoms with Crippen LogP contribution in [-0.2, 0) is 20.8 Å². The summed E-state index contributed by atoms with van der Waals surface area (Å²) >= 11 is 0. The zero-order valence-corrected chi connectivity index (χ0v) is 9.81. The molecule has 2 N–H and O–H groups in total. The molecule has 0 spiro atoms. The van der Waals surface area contributed by atoms with E-state index >= 15 is 0 Å².